The van der Waals surface area contributed by atoms with Crippen LogP contribution < -0.4 is 18.9 Å². The Morgan fingerprint density at radius 1 is 0.583 bits per heavy atom. The zero-order valence-electron chi connectivity index (χ0n) is 47.1. The first-order valence-corrected chi connectivity index (χ1v) is 28.4. The summed E-state index contributed by atoms with van der Waals surface area (Å²) in [5.41, 5.74) is 7.06. The van der Waals surface area contributed by atoms with Gasteiger partial charge in [-0.15, -0.1) is 0 Å². The largest absolute Gasteiger partial charge is 0.493 e. The van der Waals surface area contributed by atoms with Crippen LogP contribution in [0.4, 0.5) is 8.78 Å². The van der Waals surface area contributed by atoms with Crippen molar-refractivity contribution in [2.45, 2.75) is 91.9 Å². The molecule has 15 nitrogen and oxygen atoms in total. The second-order valence-electron chi connectivity index (χ2n) is 21.5. The van der Waals surface area contributed by atoms with Crippen molar-refractivity contribution in [3.63, 3.8) is 0 Å². The number of fused-ring (bicyclic) bond motifs is 2. The lowest BCUT2D eigenvalue weighted by Gasteiger charge is -2.47. The lowest BCUT2D eigenvalue weighted by molar-refractivity contribution is -0.153. The third-order valence-electron chi connectivity index (χ3n) is 14.8. The Morgan fingerprint density at radius 2 is 1.04 bits per heavy atom. The van der Waals surface area contributed by atoms with Crippen molar-refractivity contribution in [3.05, 3.63) is 176 Å². The number of aromatic nitrogens is 4. The molecule has 8 aromatic rings. The first-order valence-electron chi connectivity index (χ1n) is 27.7. The SMILES string of the molecule is Cc1ccc(F)c(CC(=O)Cc2ccc(Oc3ncnc4cc(OCCCC(=O)N5CCC6(CC5)COC6)c(C)cc34)cc2Cl)c1.Cc1ccc(F)c(CC(=O)Cc2ccc(Oc3ncnc4cc(OCCCC(=O)O)c(C)cc34)cc2Cl)c1. The molecule has 2 aliphatic rings. The summed E-state index contributed by atoms with van der Waals surface area (Å²) < 4.78 is 57.4. The Balaban J connectivity index is 0.000000205. The number of halogens is 4. The number of piperidine rings is 1. The number of carbonyl (C=O) groups excluding carboxylic acids is 3. The fourth-order valence-electron chi connectivity index (χ4n) is 10.0. The Kier molecular flexibility index (Phi) is 19.8. The number of aliphatic carboxylic acids is 1. The molecule has 1 spiro atoms. The molecule has 2 saturated heterocycles. The van der Waals surface area contributed by atoms with Crippen molar-refractivity contribution >= 4 is 68.5 Å². The average molecular weight is 1180 g/mol. The fourth-order valence-corrected chi connectivity index (χ4v) is 10.5. The number of benzene rings is 6. The molecule has 0 unspecified atom stereocenters. The first kappa shape index (κ1) is 60.5. The highest BCUT2D eigenvalue weighted by molar-refractivity contribution is 6.32. The third-order valence-corrected chi connectivity index (χ3v) is 15.5. The number of hydrogen-bond acceptors (Lipinski definition) is 13. The Bertz CT molecular complexity index is 3760. The van der Waals surface area contributed by atoms with Gasteiger partial charge in [-0.1, -0.05) is 70.7 Å². The quantitative estimate of drug-likeness (QED) is 0.0631. The molecule has 4 heterocycles. The second-order valence-corrected chi connectivity index (χ2v) is 22.3. The van der Waals surface area contributed by atoms with Gasteiger partial charge >= 0.3 is 5.97 Å². The van der Waals surface area contributed by atoms with Gasteiger partial charge in [0, 0.05) is 79.2 Å². The molecule has 0 aliphatic carbocycles. The molecular formula is C65H63Cl2F2N5O10. The van der Waals surface area contributed by atoms with Crippen LogP contribution in [0, 0.1) is 44.7 Å². The topological polar surface area (TPSA) is 189 Å². The molecule has 2 aromatic heterocycles. The van der Waals surface area contributed by atoms with Crippen molar-refractivity contribution in [2.24, 2.45) is 5.41 Å². The van der Waals surface area contributed by atoms with E-state index < -0.39 is 17.6 Å². The number of amides is 1. The molecule has 1 N–H and O–H groups in total. The van der Waals surface area contributed by atoms with E-state index in [2.05, 4.69) is 19.9 Å². The van der Waals surface area contributed by atoms with E-state index in [4.69, 9.17) is 52.0 Å². The van der Waals surface area contributed by atoms with Gasteiger partial charge in [-0.3, -0.25) is 19.2 Å². The smallest absolute Gasteiger partial charge is 0.303 e. The first-order chi connectivity index (χ1) is 40.4. The predicted octanol–water partition coefficient (Wildman–Crippen LogP) is 13.4. The summed E-state index contributed by atoms with van der Waals surface area (Å²) in [7, 11) is 0. The molecule has 84 heavy (non-hydrogen) atoms. The number of aryl methyl sites for hydroxylation is 4. The van der Waals surface area contributed by atoms with Crippen LogP contribution in [0.1, 0.15) is 83.0 Å². The van der Waals surface area contributed by atoms with Crippen molar-refractivity contribution in [1.82, 2.24) is 24.8 Å². The minimum atomic E-state index is -0.865. The van der Waals surface area contributed by atoms with E-state index in [-0.39, 0.29) is 56.2 Å². The van der Waals surface area contributed by atoms with Crippen molar-refractivity contribution in [3.8, 4) is 34.8 Å². The van der Waals surface area contributed by atoms with Crippen molar-refractivity contribution in [2.75, 3.05) is 39.5 Å². The maximum atomic E-state index is 14.1. The zero-order chi connectivity index (χ0) is 59.5. The number of carbonyl (C=O) groups is 4. The molecule has 0 atom stereocenters. The number of ketones is 2. The number of likely N-dealkylation sites (tertiary alicyclic amines) is 1. The summed E-state index contributed by atoms with van der Waals surface area (Å²) in [6.07, 6.45) is 6.49. The Labute approximate surface area is 495 Å². The van der Waals surface area contributed by atoms with Gasteiger partial charge in [0.25, 0.3) is 0 Å². The van der Waals surface area contributed by atoms with E-state index in [1.165, 1.54) is 24.8 Å². The number of rotatable bonds is 22. The van der Waals surface area contributed by atoms with E-state index in [9.17, 15) is 28.0 Å². The summed E-state index contributed by atoms with van der Waals surface area (Å²) >= 11 is 13.0. The number of Topliss-reactive ketones (excluding diaryl/α,β-unsaturated/α-hetero) is 2. The molecule has 19 heteroatoms. The molecule has 2 aliphatic heterocycles. The predicted molar refractivity (Wildman–Crippen MR) is 315 cm³/mol. The number of carboxylic acid groups (broad SMARTS) is 1. The van der Waals surface area contributed by atoms with Gasteiger partial charge in [-0.2, -0.15) is 0 Å². The van der Waals surface area contributed by atoms with Crippen molar-refractivity contribution in [1.29, 1.82) is 0 Å². The summed E-state index contributed by atoms with van der Waals surface area (Å²) in [6, 6.07) is 26.9. The minimum absolute atomic E-state index is 0.00613. The lowest BCUT2D eigenvalue weighted by Crippen LogP contribution is -2.52. The fraction of sp³-hybridized carbons (Fsp3) is 0.323. The second kappa shape index (κ2) is 27.5. The average Bonchev–Trinajstić information content (AvgIpc) is 3.66. The minimum Gasteiger partial charge on any atom is -0.493 e. The van der Waals surface area contributed by atoms with Crippen LogP contribution in [0.5, 0.6) is 34.8 Å². The van der Waals surface area contributed by atoms with Gasteiger partial charge in [0.05, 0.1) is 48.2 Å². The summed E-state index contributed by atoms with van der Waals surface area (Å²) in [5, 5.41) is 10.9. The van der Waals surface area contributed by atoms with E-state index in [1.807, 2.05) is 50.8 Å². The molecular weight excluding hydrogens is 1120 g/mol. The van der Waals surface area contributed by atoms with Crippen LogP contribution in [0.3, 0.4) is 0 Å². The third kappa shape index (κ3) is 15.7. The van der Waals surface area contributed by atoms with Crippen LogP contribution in [0.15, 0.2) is 110 Å². The highest BCUT2D eigenvalue weighted by Gasteiger charge is 2.42. The normalized spacial score (nSPS) is 13.5. The maximum Gasteiger partial charge on any atom is 0.303 e. The molecule has 10 rings (SSSR count). The zero-order valence-corrected chi connectivity index (χ0v) is 48.6. The molecule has 436 valence electrons. The van der Waals surface area contributed by atoms with E-state index in [1.54, 1.807) is 66.7 Å². The molecule has 2 fully saturated rings. The standard InChI is InChI=1S/C36H37ClFN3O5.C29H26ClFN2O5/c1-23-5-8-31(38)26(14-23)17-27(42)16-25-6-7-28(18-30(25)37)46-35-29-15-24(2)33(19-32(29)39-22-40-35)45-13-3-4-34(43)41-11-9-36(10-12-41)20-44-21-36;1-17-5-8-25(31)20(10-17)13-21(34)12-19-6-7-22(14-24(19)30)38-29-23-11-18(2)27(15-26(23)32-16-33-29)37-9-3-4-28(35)36/h5-8,14-15,18-19,22H,3-4,9-13,16-17,20-21H2,1-2H3;5-8,10-11,14-16H,3-4,9,12-13H2,1-2H3,(H,35,36). The van der Waals surface area contributed by atoms with Gasteiger partial charge in [-0.05, 0) is 135 Å². The number of hydrogen-bond donors (Lipinski definition) is 1. The van der Waals surface area contributed by atoms with Crippen LogP contribution in [0.25, 0.3) is 21.8 Å². The van der Waals surface area contributed by atoms with Gasteiger partial charge in [-0.25, -0.2) is 28.7 Å². The molecule has 0 bridgehead atoms. The molecule has 6 aromatic carbocycles. The van der Waals surface area contributed by atoms with Crippen LogP contribution >= 0.6 is 23.2 Å². The number of carboxylic acids is 1. The van der Waals surface area contributed by atoms with E-state index in [0.717, 1.165) is 61.4 Å². The van der Waals surface area contributed by atoms with E-state index in [0.29, 0.717) is 120 Å². The summed E-state index contributed by atoms with van der Waals surface area (Å²) in [6.45, 7) is 11.5. The molecule has 0 radical (unpaired) electrons. The Hall–Kier alpha value is -8.12. The van der Waals surface area contributed by atoms with Crippen molar-refractivity contribution < 1.29 is 56.7 Å². The highest BCUT2D eigenvalue weighted by atomic mass is 35.5. The monoisotopic (exact) mass is 1180 g/mol. The summed E-state index contributed by atoms with van der Waals surface area (Å²) in [5.74, 6) is 1.11. The highest BCUT2D eigenvalue weighted by Crippen LogP contribution is 2.39. The van der Waals surface area contributed by atoms with Gasteiger partial charge in [0.1, 0.15) is 58.9 Å². The number of nitrogens with zero attached hydrogens (tertiary/aromatic N) is 5. The molecule has 0 saturated carbocycles. The van der Waals surface area contributed by atoms with Crippen LogP contribution in [-0.4, -0.2) is 92.9 Å². The Morgan fingerprint density at radius 3 is 1.46 bits per heavy atom. The van der Waals surface area contributed by atoms with Gasteiger partial charge < -0.3 is 33.7 Å². The van der Waals surface area contributed by atoms with Gasteiger partial charge in [0.15, 0.2) is 0 Å². The summed E-state index contributed by atoms with van der Waals surface area (Å²) in [4.78, 5) is 67.9. The molecule has 1 amide bonds. The van der Waals surface area contributed by atoms with Gasteiger partial charge in [0.2, 0.25) is 17.7 Å². The maximum absolute atomic E-state index is 14.1. The number of ether oxygens (including phenoxy) is 5. The lowest BCUT2D eigenvalue weighted by atomic mass is 9.77. The van der Waals surface area contributed by atoms with E-state index >= 15 is 0 Å². The van der Waals surface area contributed by atoms with Crippen LogP contribution in [0.2, 0.25) is 10.0 Å². The van der Waals surface area contributed by atoms with Crippen LogP contribution in [-0.2, 0) is 49.6 Å².